The molecule has 1 aromatic heterocycles. The molecule has 0 aliphatic carbocycles. The van der Waals surface area contributed by atoms with E-state index in [2.05, 4.69) is 10.3 Å². The van der Waals surface area contributed by atoms with Crippen LogP contribution >= 0.6 is 22.9 Å². The summed E-state index contributed by atoms with van der Waals surface area (Å²) in [5.41, 5.74) is 1.78. The van der Waals surface area contributed by atoms with Gasteiger partial charge in [0.05, 0.1) is 31.5 Å². The zero-order chi connectivity index (χ0) is 28.7. The monoisotopic (exact) mass is 605 g/mol. The summed E-state index contributed by atoms with van der Waals surface area (Å²) in [7, 11) is -1.46. The number of nitrogens with zero attached hydrogens (tertiary/aromatic N) is 2. The van der Waals surface area contributed by atoms with E-state index in [1.54, 1.807) is 23.6 Å². The van der Waals surface area contributed by atoms with Gasteiger partial charge in [0.1, 0.15) is 22.2 Å². The molecule has 0 radical (unpaired) electrons. The smallest absolute Gasteiger partial charge is 0.269 e. The molecule has 0 saturated heterocycles. The highest BCUT2D eigenvalue weighted by atomic mass is 35.5. The Labute approximate surface area is 242 Å². The van der Waals surface area contributed by atoms with Gasteiger partial charge in [0.2, 0.25) is 0 Å². The lowest BCUT2D eigenvalue weighted by Crippen LogP contribution is -2.31. The van der Waals surface area contributed by atoms with Crippen molar-refractivity contribution in [1.29, 1.82) is 0 Å². The predicted molar refractivity (Wildman–Crippen MR) is 156 cm³/mol. The van der Waals surface area contributed by atoms with Crippen molar-refractivity contribution in [3.63, 3.8) is 0 Å². The molecule has 40 heavy (non-hydrogen) atoms. The normalized spacial score (nSPS) is 12.1. The summed E-state index contributed by atoms with van der Waals surface area (Å²) in [5, 5.41) is 14.5. The lowest BCUT2D eigenvalue weighted by molar-refractivity contribution is 0.277. The summed E-state index contributed by atoms with van der Waals surface area (Å²) >= 11 is 7.58. The van der Waals surface area contributed by atoms with E-state index in [1.807, 2.05) is 30.3 Å². The molecule has 4 rings (SSSR count). The van der Waals surface area contributed by atoms with Crippen molar-refractivity contribution < 1.29 is 27.4 Å². The number of thiazole rings is 1. The minimum Gasteiger partial charge on any atom is -0.497 e. The van der Waals surface area contributed by atoms with Crippen LogP contribution in [0.25, 0.3) is 0 Å². The molecular formula is C28H29ClFN3O5S2. The molecule has 0 bridgehead atoms. The molecule has 0 fully saturated rings. The van der Waals surface area contributed by atoms with Crippen LogP contribution in [0.1, 0.15) is 23.5 Å². The van der Waals surface area contributed by atoms with Gasteiger partial charge >= 0.3 is 0 Å². The van der Waals surface area contributed by atoms with Crippen LogP contribution in [0.4, 0.5) is 15.2 Å². The molecular weight excluding hydrogens is 577 g/mol. The highest BCUT2D eigenvalue weighted by Crippen LogP contribution is 2.35. The Kier molecular flexibility index (Phi) is 9.85. The summed E-state index contributed by atoms with van der Waals surface area (Å²) in [4.78, 5) is 3.59. The fourth-order valence-corrected chi connectivity index (χ4v) is 6.85. The Hall–Kier alpha value is -3.38. The molecule has 212 valence electrons. The SMILES string of the molecule is COc1ccc(CN(c2nccs2)S(=O)(=O)c2cc(Cl)c(NCC(CCO)c3ccccc3)cc2F)c(OC)c1. The van der Waals surface area contributed by atoms with Gasteiger partial charge in [-0.05, 0) is 36.2 Å². The Balaban J connectivity index is 1.64. The minimum absolute atomic E-state index is 0.0217. The van der Waals surface area contributed by atoms with Crippen LogP contribution in [0.5, 0.6) is 11.5 Å². The van der Waals surface area contributed by atoms with E-state index in [1.165, 1.54) is 20.4 Å². The molecule has 0 aliphatic heterocycles. The Morgan fingerprint density at radius 3 is 2.55 bits per heavy atom. The lowest BCUT2D eigenvalue weighted by atomic mass is 9.96. The number of sulfonamides is 1. The van der Waals surface area contributed by atoms with Crippen LogP contribution in [-0.4, -0.2) is 45.9 Å². The molecule has 0 amide bonds. The van der Waals surface area contributed by atoms with E-state index < -0.39 is 20.7 Å². The lowest BCUT2D eigenvalue weighted by Gasteiger charge is -2.24. The van der Waals surface area contributed by atoms with Crippen LogP contribution in [-0.2, 0) is 16.6 Å². The first kappa shape index (κ1) is 29.6. The highest BCUT2D eigenvalue weighted by molar-refractivity contribution is 7.93. The summed E-state index contributed by atoms with van der Waals surface area (Å²) < 4.78 is 54.9. The third-order valence-electron chi connectivity index (χ3n) is 6.32. The molecule has 1 atom stereocenters. The molecule has 3 aromatic carbocycles. The molecule has 1 unspecified atom stereocenters. The van der Waals surface area contributed by atoms with Gasteiger partial charge in [-0.15, -0.1) is 11.3 Å². The second-order valence-electron chi connectivity index (χ2n) is 8.77. The second-order valence-corrected chi connectivity index (χ2v) is 11.9. The van der Waals surface area contributed by atoms with Crippen LogP contribution in [0.15, 0.2) is 77.1 Å². The van der Waals surface area contributed by atoms with Crippen molar-refractivity contribution in [3.05, 3.63) is 94.2 Å². The van der Waals surface area contributed by atoms with Gasteiger partial charge in [-0.25, -0.2) is 22.1 Å². The number of rotatable bonds is 13. The average molecular weight is 606 g/mol. The molecule has 0 saturated carbocycles. The van der Waals surface area contributed by atoms with Crippen LogP contribution in [0.3, 0.4) is 0 Å². The van der Waals surface area contributed by atoms with Crippen molar-refractivity contribution in [2.24, 2.45) is 0 Å². The zero-order valence-corrected chi connectivity index (χ0v) is 24.3. The van der Waals surface area contributed by atoms with E-state index in [4.69, 9.17) is 21.1 Å². The Morgan fingerprint density at radius 1 is 1.12 bits per heavy atom. The average Bonchev–Trinajstić information content (AvgIpc) is 3.50. The quantitative estimate of drug-likeness (QED) is 0.195. The first-order valence-electron chi connectivity index (χ1n) is 12.3. The second kappa shape index (κ2) is 13.3. The maximum atomic E-state index is 15.5. The number of hydrogen-bond donors (Lipinski definition) is 2. The number of methoxy groups -OCH3 is 2. The number of halogens is 2. The number of benzene rings is 3. The topological polar surface area (TPSA) is 101 Å². The highest BCUT2D eigenvalue weighted by Gasteiger charge is 2.31. The predicted octanol–water partition coefficient (Wildman–Crippen LogP) is 5.93. The summed E-state index contributed by atoms with van der Waals surface area (Å²) in [6, 6.07) is 16.8. The fourth-order valence-electron chi connectivity index (χ4n) is 4.21. The van der Waals surface area contributed by atoms with E-state index in [9.17, 15) is 13.5 Å². The zero-order valence-electron chi connectivity index (χ0n) is 21.9. The number of nitrogens with one attached hydrogen (secondary N) is 1. The van der Waals surface area contributed by atoms with Crippen molar-refractivity contribution >= 4 is 43.8 Å². The van der Waals surface area contributed by atoms with Gasteiger partial charge in [0, 0.05) is 42.3 Å². The molecule has 2 N–H and O–H groups in total. The minimum atomic E-state index is -4.44. The number of aliphatic hydroxyl groups excluding tert-OH is 1. The van der Waals surface area contributed by atoms with Crippen molar-refractivity contribution in [2.45, 2.75) is 23.8 Å². The molecule has 4 aromatic rings. The first-order chi connectivity index (χ1) is 19.3. The maximum absolute atomic E-state index is 15.5. The van der Waals surface area contributed by atoms with Crippen molar-refractivity contribution in [2.75, 3.05) is 37.0 Å². The number of ether oxygens (including phenoxy) is 2. The van der Waals surface area contributed by atoms with E-state index in [0.29, 0.717) is 30.0 Å². The largest absolute Gasteiger partial charge is 0.497 e. The Morgan fingerprint density at radius 2 is 1.90 bits per heavy atom. The van der Waals surface area contributed by atoms with Crippen molar-refractivity contribution in [1.82, 2.24) is 4.98 Å². The standard InChI is InChI=1S/C28H29ClFN3O5S2/c1-37-22-9-8-21(26(14-22)38-2)18-33(28-31-11-13-39-28)40(35,36)27-15-23(29)25(16-24(27)30)32-17-20(10-12-34)19-6-4-3-5-7-19/h3-9,11,13-16,20,32,34H,10,12,17-18H2,1-2H3. The summed E-state index contributed by atoms with van der Waals surface area (Å²) in [6.07, 6.45) is 1.96. The van der Waals surface area contributed by atoms with Crippen LogP contribution < -0.4 is 19.1 Å². The van der Waals surface area contributed by atoms with Crippen LogP contribution in [0.2, 0.25) is 5.02 Å². The van der Waals surface area contributed by atoms with Gasteiger partial charge in [0.25, 0.3) is 10.0 Å². The van der Waals surface area contributed by atoms with Gasteiger partial charge < -0.3 is 19.9 Å². The third kappa shape index (κ3) is 6.67. The van der Waals surface area contributed by atoms with Gasteiger partial charge in [-0.1, -0.05) is 41.9 Å². The molecule has 0 aliphatic rings. The maximum Gasteiger partial charge on any atom is 0.269 e. The van der Waals surface area contributed by atoms with Crippen molar-refractivity contribution in [3.8, 4) is 11.5 Å². The fraction of sp³-hybridized carbons (Fsp3) is 0.250. The van der Waals surface area contributed by atoms with E-state index in [0.717, 1.165) is 33.3 Å². The molecule has 1 heterocycles. The summed E-state index contributed by atoms with van der Waals surface area (Å²) in [6.45, 7) is 0.171. The number of hydrogen-bond acceptors (Lipinski definition) is 8. The van der Waals surface area contributed by atoms with E-state index in [-0.39, 0.29) is 34.9 Å². The van der Waals surface area contributed by atoms with Gasteiger partial charge in [-0.3, -0.25) is 0 Å². The summed E-state index contributed by atoms with van der Waals surface area (Å²) in [5.74, 6) is -0.0779. The molecule has 0 spiro atoms. The van der Waals surface area contributed by atoms with Crippen LogP contribution in [0, 0.1) is 5.82 Å². The Bertz CT molecular complexity index is 1520. The molecule has 12 heteroatoms. The number of aromatic nitrogens is 1. The van der Waals surface area contributed by atoms with E-state index >= 15 is 4.39 Å². The van der Waals surface area contributed by atoms with Gasteiger partial charge in [0.15, 0.2) is 5.13 Å². The third-order valence-corrected chi connectivity index (χ3v) is 9.29. The first-order valence-corrected chi connectivity index (χ1v) is 15.0. The number of aliphatic hydroxyl groups is 1. The van der Waals surface area contributed by atoms with Gasteiger partial charge in [-0.2, -0.15) is 0 Å². The number of anilines is 2. The molecule has 8 nitrogen and oxygen atoms in total.